The number of hydrogen-bond acceptors (Lipinski definition) is 2. The fraction of sp³-hybridized carbons (Fsp3) is 0.467. The first-order chi connectivity index (χ1) is 8.65. The van der Waals surface area contributed by atoms with Crippen molar-refractivity contribution in [2.45, 2.75) is 25.9 Å². The molecule has 2 rings (SSSR count). The molecule has 0 N–H and O–H groups in total. The summed E-state index contributed by atoms with van der Waals surface area (Å²) in [4.78, 5) is 2.29. The summed E-state index contributed by atoms with van der Waals surface area (Å²) in [5.41, 5.74) is 1.27. The van der Waals surface area contributed by atoms with Crippen molar-refractivity contribution >= 4 is 10.9 Å². The summed E-state index contributed by atoms with van der Waals surface area (Å²) in [5.74, 6) is 0.917. The highest BCUT2D eigenvalue weighted by Crippen LogP contribution is 2.22. The Labute approximate surface area is 109 Å². The number of rotatable bonds is 5. The molecule has 0 aliphatic carbocycles. The predicted molar refractivity (Wildman–Crippen MR) is 76.3 cm³/mol. The first-order valence-corrected chi connectivity index (χ1v) is 6.45. The van der Waals surface area contributed by atoms with E-state index in [2.05, 4.69) is 54.9 Å². The number of fused-ring (bicyclic) bond motifs is 1. The van der Waals surface area contributed by atoms with Crippen LogP contribution in [0.3, 0.4) is 0 Å². The molecule has 1 heterocycles. The zero-order chi connectivity index (χ0) is 13.1. The lowest BCUT2D eigenvalue weighted by Gasteiger charge is -2.23. The molecule has 98 valence electrons. The molecule has 18 heavy (non-hydrogen) atoms. The Morgan fingerprint density at radius 2 is 2.06 bits per heavy atom. The summed E-state index contributed by atoms with van der Waals surface area (Å²) in [7, 11) is 5.99. The maximum Gasteiger partial charge on any atom is 0.119 e. The van der Waals surface area contributed by atoms with E-state index in [1.165, 1.54) is 10.9 Å². The quantitative estimate of drug-likeness (QED) is 0.807. The van der Waals surface area contributed by atoms with Crippen LogP contribution < -0.4 is 4.74 Å². The zero-order valence-corrected chi connectivity index (χ0v) is 11.7. The molecule has 0 amide bonds. The van der Waals surface area contributed by atoms with Crippen LogP contribution in [0.2, 0.25) is 0 Å². The van der Waals surface area contributed by atoms with Gasteiger partial charge < -0.3 is 14.2 Å². The van der Waals surface area contributed by atoms with Crippen molar-refractivity contribution in [3.63, 3.8) is 0 Å². The Bertz CT molecular complexity index is 516. The molecule has 2 aromatic rings. The highest BCUT2D eigenvalue weighted by molar-refractivity contribution is 5.81. The molecule has 0 saturated heterocycles. The SMILES string of the molecule is CCC(Cn1ccc2cc(OC)ccc21)N(C)C. The van der Waals surface area contributed by atoms with E-state index in [1.807, 2.05) is 6.07 Å². The van der Waals surface area contributed by atoms with E-state index in [0.29, 0.717) is 6.04 Å². The van der Waals surface area contributed by atoms with Gasteiger partial charge in [-0.05, 0) is 44.8 Å². The highest BCUT2D eigenvalue weighted by Gasteiger charge is 2.11. The minimum atomic E-state index is 0.572. The van der Waals surface area contributed by atoms with Gasteiger partial charge in [-0.15, -0.1) is 0 Å². The van der Waals surface area contributed by atoms with Crippen molar-refractivity contribution in [1.29, 1.82) is 0 Å². The van der Waals surface area contributed by atoms with Gasteiger partial charge >= 0.3 is 0 Å². The largest absolute Gasteiger partial charge is 0.497 e. The molecule has 0 fully saturated rings. The third-order valence-corrected chi connectivity index (χ3v) is 3.59. The summed E-state index contributed by atoms with van der Waals surface area (Å²) in [5, 5.41) is 1.24. The molecule has 0 aliphatic rings. The topological polar surface area (TPSA) is 17.4 Å². The smallest absolute Gasteiger partial charge is 0.119 e. The van der Waals surface area contributed by atoms with Crippen molar-refractivity contribution in [2.24, 2.45) is 0 Å². The number of nitrogens with zero attached hydrogens (tertiary/aromatic N) is 2. The van der Waals surface area contributed by atoms with Gasteiger partial charge in [-0.2, -0.15) is 0 Å². The average molecular weight is 246 g/mol. The van der Waals surface area contributed by atoms with Gasteiger partial charge in [0.2, 0.25) is 0 Å². The van der Waals surface area contributed by atoms with Gasteiger partial charge in [0.1, 0.15) is 5.75 Å². The summed E-state index contributed by atoms with van der Waals surface area (Å²) >= 11 is 0. The van der Waals surface area contributed by atoms with E-state index in [4.69, 9.17) is 4.74 Å². The second-order valence-electron chi connectivity index (χ2n) is 4.92. The Morgan fingerprint density at radius 1 is 1.28 bits per heavy atom. The summed E-state index contributed by atoms with van der Waals surface area (Å²) < 4.78 is 7.58. The van der Waals surface area contributed by atoms with Crippen LogP contribution in [0.1, 0.15) is 13.3 Å². The normalized spacial score (nSPS) is 13.2. The zero-order valence-electron chi connectivity index (χ0n) is 11.7. The third-order valence-electron chi connectivity index (χ3n) is 3.59. The highest BCUT2D eigenvalue weighted by atomic mass is 16.5. The van der Waals surface area contributed by atoms with Crippen molar-refractivity contribution in [3.8, 4) is 5.75 Å². The van der Waals surface area contributed by atoms with E-state index in [-0.39, 0.29) is 0 Å². The van der Waals surface area contributed by atoms with E-state index in [9.17, 15) is 0 Å². The molecule has 1 aromatic heterocycles. The van der Waals surface area contributed by atoms with Crippen LogP contribution in [0.15, 0.2) is 30.5 Å². The number of benzene rings is 1. The molecule has 0 spiro atoms. The molecule has 0 bridgehead atoms. The van der Waals surface area contributed by atoms with Crippen molar-refractivity contribution in [3.05, 3.63) is 30.5 Å². The summed E-state index contributed by atoms with van der Waals surface area (Å²) in [6, 6.07) is 8.97. The number of aromatic nitrogens is 1. The molecule has 0 aliphatic heterocycles. The molecule has 3 nitrogen and oxygen atoms in total. The van der Waals surface area contributed by atoms with E-state index < -0.39 is 0 Å². The average Bonchev–Trinajstić information content (AvgIpc) is 2.77. The Kier molecular flexibility index (Phi) is 3.92. The molecule has 1 unspecified atom stereocenters. The molecule has 1 aromatic carbocycles. The first kappa shape index (κ1) is 13.0. The fourth-order valence-electron chi connectivity index (χ4n) is 2.35. The van der Waals surface area contributed by atoms with Gasteiger partial charge in [0.05, 0.1) is 7.11 Å². The molecular weight excluding hydrogens is 224 g/mol. The Balaban J connectivity index is 2.29. The van der Waals surface area contributed by atoms with Gasteiger partial charge in [-0.1, -0.05) is 6.92 Å². The monoisotopic (exact) mass is 246 g/mol. The fourth-order valence-corrected chi connectivity index (χ4v) is 2.35. The lowest BCUT2D eigenvalue weighted by molar-refractivity contribution is 0.259. The third kappa shape index (κ3) is 2.51. The van der Waals surface area contributed by atoms with Crippen molar-refractivity contribution < 1.29 is 4.74 Å². The minimum Gasteiger partial charge on any atom is -0.497 e. The van der Waals surface area contributed by atoms with E-state index in [1.54, 1.807) is 7.11 Å². The van der Waals surface area contributed by atoms with Crippen LogP contribution in [0, 0.1) is 0 Å². The lowest BCUT2D eigenvalue weighted by Crippen LogP contribution is -2.31. The van der Waals surface area contributed by atoms with Crippen LogP contribution in [-0.4, -0.2) is 36.7 Å². The number of methoxy groups -OCH3 is 1. The van der Waals surface area contributed by atoms with Crippen LogP contribution in [0.25, 0.3) is 10.9 Å². The molecule has 0 saturated carbocycles. The molecule has 3 heteroatoms. The lowest BCUT2D eigenvalue weighted by atomic mass is 10.2. The van der Waals surface area contributed by atoms with Crippen LogP contribution in [-0.2, 0) is 6.54 Å². The van der Waals surface area contributed by atoms with Crippen LogP contribution >= 0.6 is 0 Å². The maximum absolute atomic E-state index is 5.25. The van der Waals surface area contributed by atoms with Gasteiger partial charge in [0.15, 0.2) is 0 Å². The molecular formula is C15H22N2O. The predicted octanol–water partition coefficient (Wildman–Crippen LogP) is 2.99. The van der Waals surface area contributed by atoms with Gasteiger partial charge in [-0.3, -0.25) is 0 Å². The standard InChI is InChI=1S/C15H22N2O/c1-5-13(16(2)3)11-17-9-8-12-10-14(18-4)6-7-15(12)17/h6-10,13H,5,11H2,1-4H3. The molecule has 0 radical (unpaired) electrons. The number of likely N-dealkylation sites (N-methyl/N-ethyl adjacent to an activating group) is 1. The second kappa shape index (κ2) is 5.44. The first-order valence-electron chi connectivity index (χ1n) is 6.45. The summed E-state index contributed by atoms with van der Waals surface area (Å²) in [6.07, 6.45) is 3.32. The number of hydrogen-bond donors (Lipinski definition) is 0. The minimum absolute atomic E-state index is 0.572. The maximum atomic E-state index is 5.25. The van der Waals surface area contributed by atoms with Crippen LogP contribution in [0.4, 0.5) is 0 Å². The van der Waals surface area contributed by atoms with E-state index in [0.717, 1.165) is 18.7 Å². The van der Waals surface area contributed by atoms with Crippen molar-refractivity contribution in [2.75, 3.05) is 21.2 Å². The van der Waals surface area contributed by atoms with E-state index >= 15 is 0 Å². The Morgan fingerprint density at radius 3 is 2.67 bits per heavy atom. The second-order valence-corrected chi connectivity index (χ2v) is 4.92. The number of ether oxygens (including phenoxy) is 1. The van der Waals surface area contributed by atoms with Gasteiger partial charge in [0, 0.05) is 29.7 Å². The van der Waals surface area contributed by atoms with Crippen molar-refractivity contribution in [1.82, 2.24) is 9.47 Å². The van der Waals surface area contributed by atoms with Gasteiger partial charge in [0.25, 0.3) is 0 Å². The van der Waals surface area contributed by atoms with Gasteiger partial charge in [-0.25, -0.2) is 0 Å². The molecule has 1 atom stereocenters. The summed E-state index contributed by atoms with van der Waals surface area (Å²) in [6.45, 7) is 3.26. The Hall–Kier alpha value is -1.48. The van der Waals surface area contributed by atoms with Crippen LogP contribution in [0.5, 0.6) is 5.75 Å².